The van der Waals surface area contributed by atoms with E-state index in [0.29, 0.717) is 31.0 Å². The number of benzene rings is 1. The van der Waals surface area contributed by atoms with Crippen LogP contribution in [0.2, 0.25) is 0 Å². The lowest BCUT2D eigenvalue weighted by atomic mass is 9.94. The van der Waals surface area contributed by atoms with Crippen molar-refractivity contribution in [3.05, 3.63) is 35.7 Å². The Labute approximate surface area is 158 Å². The predicted molar refractivity (Wildman–Crippen MR) is 98.9 cm³/mol. The van der Waals surface area contributed by atoms with Crippen LogP contribution in [0, 0.1) is 12.8 Å². The van der Waals surface area contributed by atoms with Crippen molar-refractivity contribution >= 4 is 11.9 Å². The van der Waals surface area contributed by atoms with Gasteiger partial charge in [0.2, 0.25) is 17.6 Å². The summed E-state index contributed by atoms with van der Waals surface area (Å²) in [5, 5.41) is 16.3. The summed E-state index contributed by atoms with van der Waals surface area (Å²) in [5.74, 6) is -0.616. The molecular weight excluding hydrogens is 346 g/mol. The van der Waals surface area contributed by atoms with Gasteiger partial charge in [0, 0.05) is 24.4 Å². The number of aliphatic carboxylic acids is 1. The molecular formula is C20H25N3O4. The maximum atomic E-state index is 12.3. The van der Waals surface area contributed by atoms with E-state index in [1.807, 2.05) is 31.2 Å². The Morgan fingerprint density at radius 3 is 2.67 bits per heavy atom. The smallest absolute Gasteiger partial charge is 0.308 e. The molecule has 1 aromatic carbocycles. The summed E-state index contributed by atoms with van der Waals surface area (Å²) >= 11 is 0. The molecule has 2 unspecified atom stereocenters. The average molecular weight is 371 g/mol. The number of hydrogen-bond donors (Lipinski definition) is 2. The third-order valence-corrected chi connectivity index (χ3v) is 5.02. The van der Waals surface area contributed by atoms with Crippen molar-refractivity contribution < 1.29 is 19.2 Å². The molecule has 2 atom stereocenters. The number of carbonyl (C=O) groups is 2. The number of carboxylic acid groups (broad SMARTS) is 1. The van der Waals surface area contributed by atoms with E-state index in [4.69, 9.17) is 4.52 Å². The zero-order valence-electron chi connectivity index (χ0n) is 15.5. The first-order valence-corrected chi connectivity index (χ1v) is 9.45. The summed E-state index contributed by atoms with van der Waals surface area (Å²) in [7, 11) is 0. The van der Waals surface area contributed by atoms with Crippen LogP contribution in [0.4, 0.5) is 0 Å². The number of amides is 1. The first-order chi connectivity index (χ1) is 13.0. The van der Waals surface area contributed by atoms with Crippen molar-refractivity contribution in [2.75, 3.05) is 0 Å². The van der Waals surface area contributed by atoms with Gasteiger partial charge in [0.05, 0.1) is 5.92 Å². The van der Waals surface area contributed by atoms with E-state index >= 15 is 0 Å². The Kier molecular flexibility index (Phi) is 6.21. The Morgan fingerprint density at radius 2 is 1.93 bits per heavy atom. The molecule has 1 fully saturated rings. The number of carbonyl (C=O) groups excluding carboxylic acids is 1. The molecule has 1 aliphatic rings. The molecule has 0 aliphatic heterocycles. The summed E-state index contributed by atoms with van der Waals surface area (Å²) in [6.07, 6.45) is 4.70. The van der Waals surface area contributed by atoms with Crippen molar-refractivity contribution in [2.24, 2.45) is 5.92 Å². The van der Waals surface area contributed by atoms with Crippen LogP contribution in [-0.2, 0) is 16.0 Å². The summed E-state index contributed by atoms with van der Waals surface area (Å²) in [6.45, 7) is 2.01. The summed E-state index contributed by atoms with van der Waals surface area (Å²) in [4.78, 5) is 28.1. The second kappa shape index (κ2) is 8.79. The number of aromatic nitrogens is 2. The van der Waals surface area contributed by atoms with Gasteiger partial charge in [-0.3, -0.25) is 9.59 Å². The van der Waals surface area contributed by atoms with Gasteiger partial charge in [-0.15, -0.1) is 0 Å². The fourth-order valence-electron chi connectivity index (χ4n) is 3.45. The zero-order chi connectivity index (χ0) is 19.2. The molecule has 1 aromatic heterocycles. The average Bonchev–Trinajstić information content (AvgIpc) is 2.99. The Bertz CT molecular complexity index is 785. The Morgan fingerprint density at radius 1 is 1.19 bits per heavy atom. The third kappa shape index (κ3) is 5.15. The molecule has 1 heterocycles. The molecule has 0 radical (unpaired) electrons. The fourth-order valence-corrected chi connectivity index (χ4v) is 3.45. The summed E-state index contributed by atoms with van der Waals surface area (Å²) in [5.41, 5.74) is 2.01. The van der Waals surface area contributed by atoms with Crippen LogP contribution < -0.4 is 5.32 Å². The molecule has 144 valence electrons. The Balaban J connectivity index is 1.54. The fraction of sp³-hybridized carbons (Fsp3) is 0.500. The van der Waals surface area contributed by atoms with E-state index in [9.17, 15) is 14.7 Å². The van der Waals surface area contributed by atoms with Crippen LogP contribution in [0.25, 0.3) is 11.4 Å². The molecule has 2 N–H and O–H groups in total. The van der Waals surface area contributed by atoms with Crippen LogP contribution in [0.5, 0.6) is 0 Å². The van der Waals surface area contributed by atoms with Crippen molar-refractivity contribution in [2.45, 2.75) is 57.9 Å². The second-order valence-electron chi connectivity index (χ2n) is 7.13. The summed E-state index contributed by atoms with van der Waals surface area (Å²) in [6, 6.07) is 7.50. The number of hydrogen-bond acceptors (Lipinski definition) is 5. The normalized spacial score (nSPS) is 20.0. The number of aryl methyl sites for hydroxylation is 2. The third-order valence-electron chi connectivity index (χ3n) is 5.02. The van der Waals surface area contributed by atoms with Gasteiger partial charge in [-0.25, -0.2) is 0 Å². The van der Waals surface area contributed by atoms with Crippen LogP contribution in [0.3, 0.4) is 0 Å². The minimum absolute atomic E-state index is 0.178. The van der Waals surface area contributed by atoms with E-state index in [2.05, 4.69) is 15.5 Å². The van der Waals surface area contributed by atoms with E-state index in [1.165, 1.54) is 0 Å². The topological polar surface area (TPSA) is 105 Å². The molecule has 7 heteroatoms. The molecule has 0 saturated heterocycles. The monoisotopic (exact) mass is 371 g/mol. The minimum Gasteiger partial charge on any atom is -0.481 e. The van der Waals surface area contributed by atoms with Gasteiger partial charge in [-0.05, 0) is 19.8 Å². The van der Waals surface area contributed by atoms with E-state index in [1.54, 1.807) is 0 Å². The van der Waals surface area contributed by atoms with E-state index < -0.39 is 11.9 Å². The molecule has 3 rings (SSSR count). The lowest BCUT2D eigenvalue weighted by Gasteiger charge is -2.22. The molecule has 0 spiro atoms. The summed E-state index contributed by atoms with van der Waals surface area (Å²) < 4.78 is 5.23. The van der Waals surface area contributed by atoms with Gasteiger partial charge in [-0.1, -0.05) is 54.2 Å². The molecule has 1 aliphatic carbocycles. The molecule has 2 aromatic rings. The molecule has 7 nitrogen and oxygen atoms in total. The SMILES string of the molecule is Cc1ccc(-c2noc(CCC(=O)NC3CCCCCC3C(=O)O)n2)cc1. The van der Waals surface area contributed by atoms with Gasteiger partial charge in [0.15, 0.2) is 0 Å². The maximum absolute atomic E-state index is 12.3. The molecule has 1 saturated carbocycles. The highest BCUT2D eigenvalue weighted by atomic mass is 16.5. The van der Waals surface area contributed by atoms with E-state index in [-0.39, 0.29) is 18.4 Å². The largest absolute Gasteiger partial charge is 0.481 e. The van der Waals surface area contributed by atoms with Gasteiger partial charge in [-0.2, -0.15) is 4.98 Å². The highest BCUT2D eigenvalue weighted by Crippen LogP contribution is 2.24. The number of nitrogens with one attached hydrogen (secondary N) is 1. The van der Waals surface area contributed by atoms with Gasteiger partial charge < -0.3 is 14.9 Å². The van der Waals surface area contributed by atoms with Crippen molar-refractivity contribution in [3.63, 3.8) is 0 Å². The molecule has 27 heavy (non-hydrogen) atoms. The second-order valence-corrected chi connectivity index (χ2v) is 7.13. The minimum atomic E-state index is -0.832. The highest BCUT2D eigenvalue weighted by Gasteiger charge is 2.30. The first-order valence-electron chi connectivity index (χ1n) is 9.45. The molecule has 1 amide bonds. The van der Waals surface area contributed by atoms with Crippen LogP contribution >= 0.6 is 0 Å². The molecule has 0 bridgehead atoms. The van der Waals surface area contributed by atoms with Gasteiger partial charge in [0.25, 0.3) is 0 Å². The van der Waals surface area contributed by atoms with Crippen molar-refractivity contribution in [1.82, 2.24) is 15.5 Å². The van der Waals surface area contributed by atoms with Crippen LogP contribution in [0.15, 0.2) is 28.8 Å². The lowest BCUT2D eigenvalue weighted by Crippen LogP contribution is -2.42. The number of rotatable bonds is 6. The number of carboxylic acids is 1. The number of nitrogens with zero attached hydrogens (tertiary/aromatic N) is 2. The lowest BCUT2D eigenvalue weighted by molar-refractivity contribution is -0.143. The van der Waals surface area contributed by atoms with Gasteiger partial charge >= 0.3 is 5.97 Å². The van der Waals surface area contributed by atoms with E-state index in [0.717, 1.165) is 30.4 Å². The quantitative estimate of drug-likeness (QED) is 0.756. The Hall–Kier alpha value is -2.70. The van der Waals surface area contributed by atoms with Crippen LogP contribution in [0.1, 0.15) is 50.0 Å². The highest BCUT2D eigenvalue weighted by molar-refractivity contribution is 5.78. The standard InChI is InChI=1S/C20H25N3O4/c1-13-7-9-14(10-8-13)19-22-18(27-23-19)12-11-17(24)21-16-6-4-2-3-5-15(16)20(25)26/h7-10,15-16H,2-6,11-12H2,1H3,(H,21,24)(H,25,26). The maximum Gasteiger partial charge on any atom is 0.308 e. The van der Waals surface area contributed by atoms with Gasteiger partial charge in [0.1, 0.15) is 0 Å². The van der Waals surface area contributed by atoms with Crippen molar-refractivity contribution in [3.8, 4) is 11.4 Å². The zero-order valence-corrected chi connectivity index (χ0v) is 15.5. The predicted octanol–water partition coefficient (Wildman–Crippen LogP) is 3.13. The van der Waals surface area contributed by atoms with Crippen molar-refractivity contribution in [1.29, 1.82) is 0 Å². The van der Waals surface area contributed by atoms with Crippen LogP contribution in [-0.4, -0.2) is 33.2 Å². The first kappa shape index (κ1) is 19.1.